The van der Waals surface area contributed by atoms with Crippen LogP contribution in [-0.2, 0) is 14.3 Å². The number of amides is 2. The molecule has 12 heteroatoms. The van der Waals surface area contributed by atoms with Gasteiger partial charge >= 0.3 is 12.1 Å². The van der Waals surface area contributed by atoms with Crippen LogP contribution in [0.3, 0.4) is 0 Å². The Balaban J connectivity index is 2.79. The summed E-state index contributed by atoms with van der Waals surface area (Å²) in [5.41, 5.74) is -0.725. The third-order valence-corrected chi connectivity index (χ3v) is 5.45. The third kappa shape index (κ3) is 7.26. The maximum Gasteiger partial charge on any atom is 0.408 e. The second-order valence-corrected chi connectivity index (χ2v) is 8.81. The highest BCUT2D eigenvalue weighted by Crippen LogP contribution is 2.48. The minimum Gasteiger partial charge on any atom is -0.444 e. The standard InChI is InChI=1S/C17H19Cl5N2O5/c1-6(24-16(27)29-17(3,4)5)14(25)23-7(2)15(26)28-13-11(21)9(19)8(18)10(20)12(13)22/h6-7H,1-5H3,(H,23,25)(H,24,27). The number of ether oxygens (including phenoxy) is 2. The Hall–Kier alpha value is -1.12. The van der Waals surface area contributed by atoms with Gasteiger partial charge in [0.1, 0.15) is 27.7 Å². The summed E-state index contributed by atoms with van der Waals surface area (Å²) in [5, 5.41) is 3.94. The second kappa shape index (κ2) is 10.3. The Kier molecular flexibility index (Phi) is 9.17. The van der Waals surface area contributed by atoms with Gasteiger partial charge in [0.15, 0.2) is 5.75 Å². The van der Waals surface area contributed by atoms with Gasteiger partial charge in [-0.3, -0.25) is 4.79 Å². The Morgan fingerprint density at radius 1 is 0.793 bits per heavy atom. The van der Waals surface area contributed by atoms with Crippen LogP contribution in [0, 0.1) is 0 Å². The van der Waals surface area contributed by atoms with E-state index in [1.165, 1.54) is 13.8 Å². The summed E-state index contributed by atoms with van der Waals surface area (Å²) < 4.78 is 10.2. The predicted molar refractivity (Wildman–Crippen MR) is 114 cm³/mol. The average Bonchev–Trinajstić information content (AvgIpc) is 2.59. The number of alkyl carbamates (subject to hydrolysis) is 1. The first-order chi connectivity index (χ1) is 13.2. The van der Waals surface area contributed by atoms with Crippen molar-refractivity contribution in [2.24, 2.45) is 0 Å². The molecule has 0 bridgehead atoms. The number of carbonyl (C=O) groups excluding carboxylic acids is 3. The van der Waals surface area contributed by atoms with Gasteiger partial charge in [-0.2, -0.15) is 0 Å². The predicted octanol–water partition coefficient (Wildman–Crippen LogP) is 5.28. The summed E-state index contributed by atoms with van der Waals surface area (Å²) in [6.45, 7) is 7.83. The van der Waals surface area contributed by atoms with Crippen LogP contribution in [0.2, 0.25) is 25.1 Å². The quantitative estimate of drug-likeness (QED) is 0.244. The van der Waals surface area contributed by atoms with Crippen molar-refractivity contribution in [3.63, 3.8) is 0 Å². The molecular weight excluding hydrogens is 489 g/mol. The van der Waals surface area contributed by atoms with Gasteiger partial charge in [-0.25, -0.2) is 9.59 Å². The highest BCUT2D eigenvalue weighted by Gasteiger charge is 2.27. The van der Waals surface area contributed by atoms with E-state index in [1.807, 2.05) is 0 Å². The summed E-state index contributed by atoms with van der Waals surface area (Å²) in [6.07, 6.45) is -0.778. The van der Waals surface area contributed by atoms with Crippen LogP contribution >= 0.6 is 58.0 Å². The molecule has 2 unspecified atom stereocenters. The molecular formula is C17H19Cl5N2O5. The zero-order valence-corrected chi connectivity index (χ0v) is 19.9. The first-order valence-corrected chi connectivity index (χ1v) is 10.1. The molecule has 1 aromatic carbocycles. The molecule has 0 aliphatic rings. The number of halogens is 5. The number of nitrogens with one attached hydrogen (secondary N) is 2. The van der Waals surface area contributed by atoms with E-state index < -0.39 is 35.7 Å². The van der Waals surface area contributed by atoms with Crippen LogP contribution in [-0.4, -0.2) is 35.7 Å². The van der Waals surface area contributed by atoms with E-state index in [9.17, 15) is 14.4 Å². The maximum atomic E-state index is 12.3. The molecule has 0 heterocycles. The Bertz CT molecular complexity index is 796. The van der Waals surface area contributed by atoms with E-state index in [-0.39, 0.29) is 30.9 Å². The SMILES string of the molecule is CC(NC(=O)OC(C)(C)C)C(=O)NC(C)C(=O)Oc1c(Cl)c(Cl)c(Cl)c(Cl)c1Cl. The van der Waals surface area contributed by atoms with Crippen molar-refractivity contribution in [2.45, 2.75) is 52.3 Å². The van der Waals surface area contributed by atoms with Crippen molar-refractivity contribution < 1.29 is 23.9 Å². The van der Waals surface area contributed by atoms with Crippen LogP contribution in [0.25, 0.3) is 0 Å². The van der Waals surface area contributed by atoms with Gasteiger partial charge in [-0.05, 0) is 34.6 Å². The average molecular weight is 509 g/mol. The molecule has 29 heavy (non-hydrogen) atoms. The Morgan fingerprint density at radius 3 is 1.69 bits per heavy atom. The molecule has 7 nitrogen and oxygen atoms in total. The molecule has 0 aliphatic heterocycles. The van der Waals surface area contributed by atoms with E-state index >= 15 is 0 Å². The molecule has 1 aromatic rings. The molecule has 162 valence electrons. The normalized spacial score (nSPS) is 13.3. The molecule has 0 radical (unpaired) electrons. The third-order valence-electron chi connectivity index (χ3n) is 3.21. The van der Waals surface area contributed by atoms with Gasteiger partial charge in [0.25, 0.3) is 0 Å². The van der Waals surface area contributed by atoms with E-state index in [0.29, 0.717) is 0 Å². The minimum absolute atomic E-state index is 0.0912. The number of esters is 1. The van der Waals surface area contributed by atoms with Crippen LogP contribution in [0.4, 0.5) is 4.79 Å². The number of rotatable bonds is 5. The fourth-order valence-electron chi connectivity index (χ4n) is 1.81. The molecule has 0 aliphatic carbocycles. The van der Waals surface area contributed by atoms with E-state index in [0.717, 1.165) is 0 Å². The topological polar surface area (TPSA) is 93.7 Å². The minimum atomic E-state index is -1.12. The fraction of sp³-hybridized carbons (Fsp3) is 0.471. The molecule has 0 saturated carbocycles. The molecule has 2 N–H and O–H groups in total. The molecule has 1 rings (SSSR count). The molecule has 0 fully saturated rings. The summed E-state index contributed by atoms with van der Waals surface area (Å²) in [5.74, 6) is -1.84. The lowest BCUT2D eigenvalue weighted by atomic mass is 10.2. The second-order valence-electron chi connectivity index (χ2n) is 6.92. The maximum absolute atomic E-state index is 12.3. The van der Waals surface area contributed by atoms with E-state index in [4.69, 9.17) is 67.5 Å². The largest absolute Gasteiger partial charge is 0.444 e. The van der Waals surface area contributed by atoms with Crippen molar-refractivity contribution in [3.05, 3.63) is 25.1 Å². The van der Waals surface area contributed by atoms with Crippen molar-refractivity contribution in [3.8, 4) is 5.75 Å². The Morgan fingerprint density at radius 2 is 1.24 bits per heavy atom. The zero-order valence-electron chi connectivity index (χ0n) is 16.1. The smallest absolute Gasteiger partial charge is 0.408 e. The summed E-state index contributed by atoms with van der Waals surface area (Å²) in [4.78, 5) is 36.2. The van der Waals surface area contributed by atoms with Gasteiger partial charge in [0.05, 0.1) is 15.1 Å². The monoisotopic (exact) mass is 506 g/mol. The Labute approximate surface area is 193 Å². The summed E-state index contributed by atoms with van der Waals surface area (Å²) in [6, 6.07) is -2.10. The van der Waals surface area contributed by atoms with E-state index in [1.54, 1.807) is 20.8 Å². The van der Waals surface area contributed by atoms with Crippen molar-refractivity contribution >= 4 is 76.0 Å². The van der Waals surface area contributed by atoms with Crippen molar-refractivity contribution in [1.82, 2.24) is 10.6 Å². The lowest BCUT2D eigenvalue weighted by Crippen LogP contribution is -2.50. The fourth-order valence-corrected chi connectivity index (χ4v) is 3.01. The highest BCUT2D eigenvalue weighted by molar-refractivity contribution is 6.55. The number of hydrogen-bond donors (Lipinski definition) is 2. The van der Waals surface area contributed by atoms with Gasteiger partial charge in [-0.1, -0.05) is 58.0 Å². The van der Waals surface area contributed by atoms with Crippen molar-refractivity contribution in [2.75, 3.05) is 0 Å². The molecule has 2 amide bonds. The van der Waals surface area contributed by atoms with Gasteiger partial charge in [-0.15, -0.1) is 0 Å². The van der Waals surface area contributed by atoms with Crippen LogP contribution < -0.4 is 15.4 Å². The molecule has 2 atom stereocenters. The first-order valence-electron chi connectivity index (χ1n) is 8.18. The summed E-state index contributed by atoms with van der Waals surface area (Å²) >= 11 is 29.7. The van der Waals surface area contributed by atoms with Gasteiger partial charge in [0, 0.05) is 0 Å². The first kappa shape index (κ1) is 25.9. The van der Waals surface area contributed by atoms with Crippen LogP contribution in [0.15, 0.2) is 0 Å². The lowest BCUT2D eigenvalue weighted by molar-refractivity contribution is -0.139. The van der Waals surface area contributed by atoms with Crippen molar-refractivity contribution in [1.29, 1.82) is 0 Å². The number of hydrogen-bond acceptors (Lipinski definition) is 5. The highest BCUT2D eigenvalue weighted by atomic mass is 35.5. The van der Waals surface area contributed by atoms with Gasteiger partial charge in [0.2, 0.25) is 5.91 Å². The lowest BCUT2D eigenvalue weighted by Gasteiger charge is -2.22. The van der Waals surface area contributed by atoms with Crippen LogP contribution in [0.1, 0.15) is 34.6 Å². The number of benzene rings is 1. The number of carbonyl (C=O) groups is 3. The van der Waals surface area contributed by atoms with Crippen LogP contribution in [0.5, 0.6) is 5.75 Å². The summed E-state index contributed by atoms with van der Waals surface area (Å²) in [7, 11) is 0. The van der Waals surface area contributed by atoms with Gasteiger partial charge < -0.3 is 20.1 Å². The molecule has 0 aromatic heterocycles. The zero-order chi connectivity index (χ0) is 22.7. The van der Waals surface area contributed by atoms with E-state index in [2.05, 4.69) is 10.6 Å². The molecule has 0 spiro atoms. The molecule has 0 saturated heterocycles.